The molecule has 0 atom stereocenters. The molecule has 0 bridgehead atoms. The zero-order valence-corrected chi connectivity index (χ0v) is 16.3. The van der Waals surface area contributed by atoms with E-state index in [2.05, 4.69) is 37.4 Å². The maximum Gasteiger partial charge on any atom is -0.109 e. The molecule has 0 N–H and O–H groups in total. The minimum absolute atomic E-state index is 0.259. The minimum atomic E-state index is 0.259. The van der Waals surface area contributed by atoms with Crippen molar-refractivity contribution >= 4 is 5.49 Å². The fourth-order valence-corrected chi connectivity index (χ4v) is 0.680. The topological polar surface area (TPSA) is 46.1 Å². The van der Waals surface area contributed by atoms with Crippen molar-refractivity contribution in [2.45, 2.75) is 25.9 Å². The van der Waals surface area contributed by atoms with Crippen LogP contribution < -0.4 is 10.2 Å². The third-order valence-corrected chi connectivity index (χ3v) is 1.17. The van der Waals surface area contributed by atoms with Crippen LogP contribution >= 0.6 is 0 Å². The second kappa shape index (κ2) is 25.7. The first-order valence-corrected chi connectivity index (χ1v) is 13.4. The Bertz CT molecular complexity index is 223. The van der Waals surface area contributed by atoms with Gasteiger partial charge in [-0.05, 0) is 0 Å². The average Bonchev–Trinajstić information content (AvgIpc) is 3.11. The molecule has 100 valence electrons. The largest absolute Gasteiger partial charge is 0.273 e. The van der Waals surface area contributed by atoms with E-state index in [9.17, 15) is 0 Å². The van der Waals surface area contributed by atoms with Crippen molar-refractivity contribution in [3.63, 3.8) is 0 Å². The first kappa shape index (κ1) is 23.1. The molecule has 0 aromatic rings. The van der Waals surface area contributed by atoms with E-state index in [1.165, 1.54) is 23.0 Å². The quantitative estimate of drug-likeness (QED) is 0.432. The Balaban J connectivity index is -0.000000166. The first-order valence-electron chi connectivity index (χ1n) is 5.50. The van der Waals surface area contributed by atoms with Gasteiger partial charge in [0, 0.05) is 0 Å². The molecule has 0 aliphatic heterocycles. The summed E-state index contributed by atoms with van der Waals surface area (Å²) in [5.41, 5.74) is 0.259. The molecule has 0 unspecified atom stereocenters. The van der Waals surface area contributed by atoms with Gasteiger partial charge in [0.2, 0.25) is 0 Å². The van der Waals surface area contributed by atoms with Gasteiger partial charge in [-0.25, -0.2) is 24.3 Å². The fraction of sp³-hybridized carbons (Fsp3) is 0.429. The third-order valence-electron chi connectivity index (χ3n) is 1.17. The summed E-state index contributed by atoms with van der Waals surface area (Å²) in [4.78, 5) is 0. The molecule has 0 saturated carbocycles. The molecule has 0 heterocycles. The van der Waals surface area contributed by atoms with Crippen molar-refractivity contribution in [2.75, 3.05) is 14.2 Å². The summed E-state index contributed by atoms with van der Waals surface area (Å²) in [6, 6.07) is 0. The summed E-state index contributed by atoms with van der Waals surface area (Å²) < 4.78 is 0. The van der Waals surface area contributed by atoms with E-state index in [-0.39, 0.29) is 5.49 Å². The van der Waals surface area contributed by atoms with Crippen LogP contribution in [0.1, 0.15) is 12.8 Å². The smallest absolute Gasteiger partial charge is 0.109 e. The SMILES string of the molecule is C[O-].C[O-].C[Si](C)=[Hf+2].[C-]1=CC=CC1.[C-]1=CC=CC1. The summed E-state index contributed by atoms with van der Waals surface area (Å²) in [6.07, 6.45) is 20.0. The summed E-state index contributed by atoms with van der Waals surface area (Å²) in [6.45, 7) is 4.66. The van der Waals surface area contributed by atoms with Crippen LogP contribution in [0, 0.1) is 12.2 Å². The Morgan fingerprint density at radius 3 is 1.22 bits per heavy atom. The Kier molecular flexibility index (Phi) is 33.0. The van der Waals surface area contributed by atoms with E-state index in [4.69, 9.17) is 10.2 Å². The summed E-state index contributed by atoms with van der Waals surface area (Å²) in [5.74, 6) is 0. The second-order valence-corrected chi connectivity index (χ2v) is 15.8. The standard InChI is InChI=1S/2C5H5.C2H6Si.2CH3O.Hf/c2*1-2-4-5-3-1;1-3-2;2*1-2;/h2*1-3H,4H2;1-2H3;2*1H3;/q2*-1;;2*-1;+2. The number of hydrogen-bond acceptors (Lipinski definition) is 2. The van der Waals surface area contributed by atoms with E-state index < -0.39 is 0 Å². The molecule has 2 aliphatic rings. The van der Waals surface area contributed by atoms with Crippen molar-refractivity contribution in [3.05, 3.63) is 48.6 Å². The number of allylic oxidation sites excluding steroid dienone is 8. The van der Waals surface area contributed by atoms with Gasteiger partial charge in [-0.3, -0.25) is 12.2 Å². The Hall–Kier alpha value is -0.0330. The molecule has 2 rings (SSSR count). The van der Waals surface area contributed by atoms with E-state index >= 15 is 0 Å². The van der Waals surface area contributed by atoms with Crippen LogP contribution in [0.15, 0.2) is 36.5 Å². The molecule has 4 heteroatoms. The van der Waals surface area contributed by atoms with Crippen LogP contribution in [-0.4, -0.2) is 19.7 Å². The van der Waals surface area contributed by atoms with Crippen LogP contribution in [0.25, 0.3) is 0 Å². The third kappa shape index (κ3) is 36.0. The van der Waals surface area contributed by atoms with Crippen LogP contribution in [0.2, 0.25) is 13.1 Å². The van der Waals surface area contributed by atoms with E-state index in [0.717, 1.165) is 27.1 Å². The Morgan fingerprint density at radius 2 is 1.17 bits per heavy atom. The Labute approximate surface area is 127 Å². The van der Waals surface area contributed by atoms with Gasteiger partial charge < -0.3 is 10.2 Å². The van der Waals surface area contributed by atoms with Crippen molar-refractivity contribution in [1.82, 2.24) is 0 Å². The molecule has 0 saturated heterocycles. The molecule has 0 fully saturated rings. The molecular formula is C14H22HfO2Si-2. The van der Waals surface area contributed by atoms with Crippen molar-refractivity contribution < 1.29 is 33.2 Å². The molecule has 0 spiro atoms. The van der Waals surface area contributed by atoms with Gasteiger partial charge in [-0.15, -0.1) is 12.8 Å². The van der Waals surface area contributed by atoms with Gasteiger partial charge in [0.15, 0.2) is 0 Å². The van der Waals surface area contributed by atoms with Crippen molar-refractivity contribution in [2.24, 2.45) is 0 Å². The van der Waals surface area contributed by atoms with E-state index in [1.807, 2.05) is 24.3 Å². The van der Waals surface area contributed by atoms with Gasteiger partial charge in [-0.2, -0.15) is 26.4 Å². The van der Waals surface area contributed by atoms with Gasteiger partial charge in [-0.1, -0.05) is 0 Å². The first-order chi connectivity index (χ1) is 8.73. The van der Waals surface area contributed by atoms with Crippen LogP contribution in [0.5, 0.6) is 0 Å². The van der Waals surface area contributed by atoms with Crippen molar-refractivity contribution in [3.8, 4) is 0 Å². The monoisotopic (exact) mass is 430 g/mol. The molecule has 2 nitrogen and oxygen atoms in total. The second-order valence-electron chi connectivity index (χ2n) is 3.01. The molecule has 2 aliphatic carbocycles. The van der Waals surface area contributed by atoms with Crippen molar-refractivity contribution in [1.29, 1.82) is 0 Å². The maximum absolute atomic E-state index is 8.25. The fourth-order valence-electron chi connectivity index (χ4n) is 0.680. The van der Waals surface area contributed by atoms with Gasteiger partial charge in [0.25, 0.3) is 0 Å². The molecular weight excluding hydrogens is 407 g/mol. The molecule has 0 amide bonds. The number of hydrogen-bond donors (Lipinski definition) is 0. The zero-order valence-electron chi connectivity index (χ0n) is 11.7. The number of rotatable bonds is 0. The maximum atomic E-state index is 8.25. The van der Waals surface area contributed by atoms with Gasteiger partial charge in [0.1, 0.15) is 0 Å². The summed E-state index contributed by atoms with van der Waals surface area (Å²) >= 11 is 1.45. The van der Waals surface area contributed by atoms with Crippen LogP contribution in [0.3, 0.4) is 0 Å². The predicted octanol–water partition coefficient (Wildman–Crippen LogP) is 1.35. The molecule has 0 aromatic carbocycles. The van der Waals surface area contributed by atoms with Crippen LogP contribution in [-0.2, 0) is 23.0 Å². The molecule has 0 radical (unpaired) electrons. The summed E-state index contributed by atoms with van der Waals surface area (Å²) in [5, 5.41) is 16.5. The van der Waals surface area contributed by atoms with E-state index in [0.29, 0.717) is 0 Å². The van der Waals surface area contributed by atoms with Gasteiger partial charge >= 0.3 is 41.6 Å². The molecule has 0 aromatic heterocycles. The van der Waals surface area contributed by atoms with Crippen LogP contribution in [0.4, 0.5) is 0 Å². The van der Waals surface area contributed by atoms with E-state index in [1.54, 1.807) is 0 Å². The normalized spacial score (nSPS) is 12.0. The Morgan fingerprint density at radius 1 is 0.889 bits per heavy atom. The summed E-state index contributed by atoms with van der Waals surface area (Å²) in [7, 11) is 1.50. The predicted molar refractivity (Wildman–Crippen MR) is 72.5 cm³/mol. The zero-order chi connectivity index (χ0) is 14.6. The molecule has 18 heavy (non-hydrogen) atoms. The average molecular weight is 429 g/mol. The van der Waals surface area contributed by atoms with Gasteiger partial charge in [0.05, 0.1) is 0 Å². The minimum Gasteiger partial charge on any atom is -0.273 e.